The van der Waals surface area contributed by atoms with E-state index in [1.165, 1.54) is 6.20 Å². The Morgan fingerprint density at radius 3 is 2.45 bits per heavy atom. The van der Waals surface area contributed by atoms with Crippen LogP contribution in [0.3, 0.4) is 0 Å². The number of ether oxygens (including phenoxy) is 3. The molecule has 0 aliphatic heterocycles. The molecular formula is C26H30N8O6. The molecule has 0 aliphatic rings. The molecule has 1 atom stereocenters. The van der Waals surface area contributed by atoms with Crippen LogP contribution >= 0.6 is 0 Å². The second-order valence-electron chi connectivity index (χ2n) is 8.18. The van der Waals surface area contributed by atoms with Crippen molar-refractivity contribution in [2.45, 2.75) is 13.0 Å². The number of carboxylic acid groups (broad SMARTS) is 1. The molecule has 2 aromatic heterocycles. The van der Waals surface area contributed by atoms with Gasteiger partial charge in [-0.25, -0.2) is 4.79 Å². The topological polar surface area (TPSA) is 203 Å². The first-order valence-electron chi connectivity index (χ1n) is 11.9. The van der Waals surface area contributed by atoms with Gasteiger partial charge in [0, 0.05) is 37.5 Å². The summed E-state index contributed by atoms with van der Waals surface area (Å²) < 4.78 is 17.5. The van der Waals surface area contributed by atoms with Crippen LogP contribution in [0.4, 0.5) is 5.69 Å². The van der Waals surface area contributed by atoms with Crippen LogP contribution < -0.4 is 26.2 Å². The average Bonchev–Trinajstić information content (AvgIpc) is 3.33. The maximum atomic E-state index is 12.8. The number of aromatic amines is 1. The Balaban J connectivity index is 0.00000103. The molecular weight excluding hydrogens is 520 g/mol. The van der Waals surface area contributed by atoms with E-state index in [2.05, 4.69) is 25.6 Å². The number of carbonyl (C=O) groups is 1. The lowest BCUT2D eigenvalue weighted by atomic mass is 10.0. The SMILES string of the molecule is CC(=O)O.COCCOc1cc(OC)cc(C(Nc2ccc(C(=N)N)cc2)c2nn(-c3cccnn3)c(=O)[nH]2)c1. The van der Waals surface area contributed by atoms with E-state index in [0.717, 1.165) is 17.2 Å². The van der Waals surface area contributed by atoms with Gasteiger partial charge in [-0.05, 0) is 54.1 Å². The molecule has 4 rings (SSSR count). The second kappa shape index (κ2) is 14.1. The Hall–Kier alpha value is -5.24. The van der Waals surface area contributed by atoms with Crippen LogP contribution in [0.15, 0.2) is 65.6 Å². The number of benzene rings is 2. The molecule has 14 nitrogen and oxygen atoms in total. The summed E-state index contributed by atoms with van der Waals surface area (Å²) in [5.74, 6) is 0.877. The molecule has 0 spiro atoms. The lowest BCUT2D eigenvalue weighted by molar-refractivity contribution is -0.134. The van der Waals surface area contributed by atoms with Crippen molar-refractivity contribution in [3.05, 3.63) is 88.2 Å². The summed E-state index contributed by atoms with van der Waals surface area (Å²) in [7, 11) is 3.16. The van der Waals surface area contributed by atoms with Crippen molar-refractivity contribution in [3.8, 4) is 17.3 Å². The third-order valence-electron chi connectivity index (χ3n) is 5.22. The number of amidine groups is 1. The van der Waals surface area contributed by atoms with Crippen LogP contribution in [0.1, 0.15) is 29.9 Å². The molecule has 40 heavy (non-hydrogen) atoms. The van der Waals surface area contributed by atoms with E-state index in [1.807, 2.05) is 12.1 Å². The van der Waals surface area contributed by atoms with E-state index in [4.69, 9.17) is 35.3 Å². The number of rotatable bonds is 11. The fourth-order valence-electron chi connectivity index (χ4n) is 3.46. The molecule has 2 aromatic carbocycles. The van der Waals surface area contributed by atoms with E-state index >= 15 is 0 Å². The summed E-state index contributed by atoms with van der Waals surface area (Å²) in [6.45, 7) is 1.86. The minimum Gasteiger partial charge on any atom is -0.497 e. The van der Waals surface area contributed by atoms with Gasteiger partial charge >= 0.3 is 5.69 Å². The number of hydrogen-bond donors (Lipinski definition) is 5. The van der Waals surface area contributed by atoms with Crippen LogP contribution in [0.25, 0.3) is 5.82 Å². The van der Waals surface area contributed by atoms with Gasteiger partial charge in [-0.2, -0.15) is 9.78 Å². The summed E-state index contributed by atoms with van der Waals surface area (Å²) in [5, 5.41) is 30.7. The molecule has 4 aromatic rings. The highest BCUT2D eigenvalue weighted by Crippen LogP contribution is 2.31. The molecule has 0 fully saturated rings. The minimum absolute atomic E-state index is 0.0317. The highest BCUT2D eigenvalue weighted by atomic mass is 16.5. The summed E-state index contributed by atoms with van der Waals surface area (Å²) in [5.41, 5.74) is 7.14. The van der Waals surface area contributed by atoms with Gasteiger partial charge in [0.2, 0.25) is 0 Å². The average molecular weight is 551 g/mol. The lowest BCUT2D eigenvalue weighted by Gasteiger charge is -2.20. The van der Waals surface area contributed by atoms with Gasteiger partial charge in [-0.3, -0.25) is 15.2 Å². The zero-order chi connectivity index (χ0) is 29.1. The maximum Gasteiger partial charge on any atom is 0.349 e. The van der Waals surface area contributed by atoms with Gasteiger partial charge in [0.15, 0.2) is 11.6 Å². The van der Waals surface area contributed by atoms with Crippen molar-refractivity contribution < 1.29 is 24.1 Å². The van der Waals surface area contributed by atoms with Crippen LogP contribution in [0.2, 0.25) is 0 Å². The summed E-state index contributed by atoms with van der Waals surface area (Å²) in [6, 6.07) is 15.1. The molecule has 2 heterocycles. The van der Waals surface area contributed by atoms with Gasteiger partial charge in [0.05, 0.1) is 13.7 Å². The first kappa shape index (κ1) is 29.3. The third kappa shape index (κ3) is 8.13. The fourth-order valence-corrected chi connectivity index (χ4v) is 3.46. The fraction of sp³-hybridized carbons (Fsp3) is 0.231. The lowest BCUT2D eigenvalue weighted by Crippen LogP contribution is -2.17. The van der Waals surface area contributed by atoms with E-state index in [0.29, 0.717) is 41.8 Å². The third-order valence-corrected chi connectivity index (χ3v) is 5.22. The van der Waals surface area contributed by atoms with Gasteiger partial charge in [-0.15, -0.1) is 10.2 Å². The van der Waals surface area contributed by atoms with Crippen molar-refractivity contribution in [1.29, 1.82) is 5.41 Å². The number of aromatic nitrogens is 5. The zero-order valence-electron chi connectivity index (χ0n) is 22.1. The number of methoxy groups -OCH3 is 2. The van der Waals surface area contributed by atoms with Crippen LogP contribution in [-0.4, -0.2) is 69.3 Å². The number of nitrogens with two attached hydrogens (primary N) is 1. The summed E-state index contributed by atoms with van der Waals surface area (Å²) in [6.07, 6.45) is 1.51. The number of hydrogen-bond acceptors (Lipinski definition) is 10. The predicted molar refractivity (Wildman–Crippen MR) is 146 cm³/mol. The molecule has 6 N–H and O–H groups in total. The molecule has 0 saturated heterocycles. The van der Waals surface area contributed by atoms with Crippen molar-refractivity contribution in [2.75, 3.05) is 32.8 Å². The minimum atomic E-state index is -0.833. The Labute approximate surface area is 229 Å². The largest absolute Gasteiger partial charge is 0.497 e. The molecule has 0 saturated carbocycles. The molecule has 14 heteroatoms. The zero-order valence-corrected chi connectivity index (χ0v) is 22.1. The maximum absolute atomic E-state index is 12.8. The molecule has 1 unspecified atom stereocenters. The first-order chi connectivity index (χ1) is 19.2. The molecule has 0 aliphatic carbocycles. The summed E-state index contributed by atoms with van der Waals surface area (Å²) in [4.78, 5) is 24.6. The van der Waals surface area contributed by atoms with Gasteiger partial charge in [-0.1, -0.05) is 0 Å². The van der Waals surface area contributed by atoms with E-state index in [1.54, 1.807) is 56.7 Å². The molecule has 210 valence electrons. The van der Waals surface area contributed by atoms with Crippen molar-refractivity contribution >= 4 is 17.5 Å². The molecule has 0 bridgehead atoms. The number of nitrogens with one attached hydrogen (secondary N) is 3. The van der Waals surface area contributed by atoms with Gasteiger partial charge in [0.25, 0.3) is 5.97 Å². The van der Waals surface area contributed by atoms with Crippen LogP contribution in [-0.2, 0) is 9.53 Å². The summed E-state index contributed by atoms with van der Waals surface area (Å²) >= 11 is 0. The highest BCUT2D eigenvalue weighted by Gasteiger charge is 2.22. The van der Waals surface area contributed by atoms with Gasteiger partial charge < -0.3 is 30.4 Å². The Morgan fingerprint density at radius 1 is 1.15 bits per heavy atom. The van der Waals surface area contributed by atoms with Gasteiger partial charge in [0.1, 0.15) is 30.0 Å². The standard InChI is InChI=1S/C24H26N8O4.C2H4O2/c1-34-10-11-36-19-13-16(12-18(14-19)35-2)21(28-17-7-5-15(6-8-17)22(25)26)23-29-24(33)32(31-23)20-4-3-9-27-30-20;1-2(3)4/h3-9,12-14,21,28H,10-11H2,1-2H3,(H3,25,26)(H,29,31,33);1H3,(H,3,4). The Bertz CT molecular complexity index is 1470. The monoisotopic (exact) mass is 550 g/mol. The first-order valence-corrected chi connectivity index (χ1v) is 11.9. The Morgan fingerprint density at radius 2 is 1.85 bits per heavy atom. The molecule has 0 amide bonds. The number of anilines is 1. The van der Waals surface area contributed by atoms with Crippen molar-refractivity contribution in [3.63, 3.8) is 0 Å². The van der Waals surface area contributed by atoms with Crippen LogP contribution in [0.5, 0.6) is 11.5 Å². The predicted octanol–water partition coefficient (Wildman–Crippen LogP) is 1.96. The molecule has 0 radical (unpaired) electrons. The van der Waals surface area contributed by atoms with Crippen LogP contribution in [0, 0.1) is 5.41 Å². The van der Waals surface area contributed by atoms with E-state index < -0.39 is 17.7 Å². The Kier molecular flexibility index (Phi) is 10.3. The number of nitrogens with zero attached hydrogens (tertiary/aromatic N) is 4. The van der Waals surface area contributed by atoms with E-state index in [-0.39, 0.29) is 11.7 Å². The van der Waals surface area contributed by atoms with Crippen molar-refractivity contribution in [1.82, 2.24) is 25.0 Å². The quantitative estimate of drug-likeness (QED) is 0.104. The highest BCUT2D eigenvalue weighted by molar-refractivity contribution is 5.95. The second-order valence-corrected chi connectivity index (χ2v) is 8.18. The van der Waals surface area contributed by atoms with Crippen molar-refractivity contribution in [2.24, 2.45) is 5.73 Å². The van der Waals surface area contributed by atoms with E-state index in [9.17, 15) is 4.79 Å². The number of H-pyrrole nitrogens is 1. The smallest absolute Gasteiger partial charge is 0.349 e. The number of carboxylic acids is 1. The number of nitrogen functional groups attached to an aromatic ring is 1. The number of aliphatic carboxylic acids is 1. The normalized spacial score (nSPS) is 11.1.